The van der Waals surface area contributed by atoms with E-state index in [2.05, 4.69) is 30.4 Å². The van der Waals surface area contributed by atoms with Gasteiger partial charge in [-0.05, 0) is 55.2 Å². The molecule has 0 heterocycles. The minimum atomic E-state index is 0.726. The molecular formula is C16H22ClN. The Kier molecular flexibility index (Phi) is 3.63. The summed E-state index contributed by atoms with van der Waals surface area (Å²) in [5.74, 6) is 1.70. The molecule has 2 saturated carbocycles. The first-order valence-electron chi connectivity index (χ1n) is 7.27. The first kappa shape index (κ1) is 12.5. The van der Waals surface area contributed by atoms with Crippen LogP contribution in [0.2, 0.25) is 5.02 Å². The lowest BCUT2D eigenvalue weighted by Crippen LogP contribution is -2.41. The van der Waals surface area contributed by atoms with E-state index in [-0.39, 0.29) is 0 Å². The summed E-state index contributed by atoms with van der Waals surface area (Å²) >= 11 is 6.04. The van der Waals surface area contributed by atoms with Crippen LogP contribution in [0, 0.1) is 5.92 Å². The fourth-order valence-electron chi connectivity index (χ4n) is 3.23. The Balaban J connectivity index is 1.44. The van der Waals surface area contributed by atoms with Crippen LogP contribution in [-0.4, -0.2) is 12.1 Å². The van der Waals surface area contributed by atoms with E-state index in [0.717, 1.165) is 28.9 Å². The zero-order valence-corrected chi connectivity index (χ0v) is 11.8. The molecule has 2 unspecified atom stereocenters. The normalized spacial score (nSPS) is 34.1. The molecule has 0 spiro atoms. The van der Waals surface area contributed by atoms with Crippen molar-refractivity contribution in [3.05, 3.63) is 34.9 Å². The van der Waals surface area contributed by atoms with Crippen LogP contribution < -0.4 is 5.32 Å². The van der Waals surface area contributed by atoms with Crippen molar-refractivity contribution in [1.82, 2.24) is 5.32 Å². The van der Waals surface area contributed by atoms with Crippen molar-refractivity contribution in [2.75, 3.05) is 0 Å². The van der Waals surface area contributed by atoms with E-state index in [1.54, 1.807) is 0 Å². The molecule has 0 bridgehead atoms. The third kappa shape index (κ3) is 2.73. The molecule has 0 saturated heterocycles. The SMILES string of the molecule is CCCC1CC1NC1CC(c2cccc(Cl)c2)C1. The van der Waals surface area contributed by atoms with Gasteiger partial charge in [0.05, 0.1) is 0 Å². The molecule has 2 heteroatoms. The highest BCUT2D eigenvalue weighted by atomic mass is 35.5. The smallest absolute Gasteiger partial charge is 0.0408 e. The summed E-state index contributed by atoms with van der Waals surface area (Å²) in [7, 11) is 0. The molecule has 0 amide bonds. The van der Waals surface area contributed by atoms with Crippen LogP contribution in [0.4, 0.5) is 0 Å². The largest absolute Gasteiger partial charge is 0.311 e. The third-order valence-electron chi connectivity index (χ3n) is 4.49. The van der Waals surface area contributed by atoms with Crippen molar-refractivity contribution in [3.63, 3.8) is 0 Å². The predicted molar refractivity (Wildman–Crippen MR) is 77.2 cm³/mol. The quantitative estimate of drug-likeness (QED) is 0.832. The fourth-order valence-corrected chi connectivity index (χ4v) is 3.43. The average Bonchev–Trinajstić information content (AvgIpc) is 3.02. The highest BCUT2D eigenvalue weighted by Gasteiger charge is 2.40. The summed E-state index contributed by atoms with van der Waals surface area (Å²) in [6.45, 7) is 2.29. The molecule has 0 aromatic heterocycles. The molecular weight excluding hydrogens is 242 g/mol. The second kappa shape index (κ2) is 5.22. The summed E-state index contributed by atoms with van der Waals surface area (Å²) in [6.07, 6.45) is 6.72. The lowest BCUT2D eigenvalue weighted by atomic mass is 9.76. The van der Waals surface area contributed by atoms with Gasteiger partial charge in [0.15, 0.2) is 0 Å². The van der Waals surface area contributed by atoms with Gasteiger partial charge in [-0.15, -0.1) is 0 Å². The van der Waals surface area contributed by atoms with Crippen molar-refractivity contribution < 1.29 is 0 Å². The Labute approximate surface area is 115 Å². The van der Waals surface area contributed by atoms with Gasteiger partial charge < -0.3 is 5.32 Å². The minimum Gasteiger partial charge on any atom is -0.311 e. The van der Waals surface area contributed by atoms with Gasteiger partial charge in [-0.2, -0.15) is 0 Å². The predicted octanol–water partition coefficient (Wildman–Crippen LogP) is 4.36. The van der Waals surface area contributed by atoms with E-state index in [0.29, 0.717) is 0 Å². The highest BCUT2D eigenvalue weighted by molar-refractivity contribution is 6.30. The van der Waals surface area contributed by atoms with Crippen LogP contribution in [0.3, 0.4) is 0 Å². The summed E-state index contributed by atoms with van der Waals surface area (Å²) in [6, 6.07) is 9.94. The van der Waals surface area contributed by atoms with Crippen molar-refractivity contribution in [2.45, 2.75) is 57.0 Å². The van der Waals surface area contributed by atoms with Gasteiger partial charge in [-0.1, -0.05) is 37.1 Å². The second-order valence-electron chi connectivity index (χ2n) is 5.98. The molecule has 2 aliphatic rings. The van der Waals surface area contributed by atoms with E-state index >= 15 is 0 Å². The molecule has 1 aromatic rings. The zero-order chi connectivity index (χ0) is 12.5. The van der Waals surface area contributed by atoms with Crippen LogP contribution >= 0.6 is 11.6 Å². The molecule has 2 atom stereocenters. The number of benzene rings is 1. The van der Waals surface area contributed by atoms with Crippen molar-refractivity contribution in [2.24, 2.45) is 5.92 Å². The standard InChI is InChI=1S/C16H22ClN/c1-2-4-12-10-16(12)18-15-8-13(9-15)11-5-3-6-14(17)7-11/h3,5-7,12-13,15-16,18H,2,4,8-10H2,1H3. The molecule has 2 fully saturated rings. The molecule has 3 rings (SSSR count). The minimum absolute atomic E-state index is 0.726. The Morgan fingerprint density at radius 3 is 2.83 bits per heavy atom. The van der Waals surface area contributed by atoms with Crippen molar-refractivity contribution in [1.29, 1.82) is 0 Å². The zero-order valence-electron chi connectivity index (χ0n) is 11.0. The van der Waals surface area contributed by atoms with E-state index in [4.69, 9.17) is 11.6 Å². The van der Waals surface area contributed by atoms with Gasteiger partial charge in [-0.3, -0.25) is 0 Å². The monoisotopic (exact) mass is 263 g/mol. The average molecular weight is 264 g/mol. The number of hydrogen-bond acceptors (Lipinski definition) is 1. The second-order valence-corrected chi connectivity index (χ2v) is 6.41. The van der Waals surface area contributed by atoms with Gasteiger partial charge in [0.1, 0.15) is 0 Å². The van der Waals surface area contributed by atoms with Gasteiger partial charge in [0.25, 0.3) is 0 Å². The molecule has 18 heavy (non-hydrogen) atoms. The van der Waals surface area contributed by atoms with Crippen molar-refractivity contribution in [3.8, 4) is 0 Å². The Morgan fingerprint density at radius 2 is 2.11 bits per heavy atom. The van der Waals surface area contributed by atoms with Crippen LogP contribution in [0.15, 0.2) is 24.3 Å². The highest BCUT2D eigenvalue weighted by Crippen LogP contribution is 2.41. The van der Waals surface area contributed by atoms with Crippen LogP contribution in [0.1, 0.15) is 50.5 Å². The number of rotatable bonds is 5. The first-order chi connectivity index (χ1) is 8.76. The molecule has 98 valence electrons. The maximum atomic E-state index is 6.04. The van der Waals surface area contributed by atoms with E-state index in [1.165, 1.54) is 37.7 Å². The molecule has 0 radical (unpaired) electrons. The molecule has 1 aromatic carbocycles. The van der Waals surface area contributed by atoms with Gasteiger partial charge in [0, 0.05) is 17.1 Å². The summed E-state index contributed by atoms with van der Waals surface area (Å²) in [5, 5.41) is 4.68. The van der Waals surface area contributed by atoms with E-state index in [9.17, 15) is 0 Å². The molecule has 2 aliphatic carbocycles. The summed E-state index contributed by atoms with van der Waals surface area (Å²) in [4.78, 5) is 0. The van der Waals surface area contributed by atoms with Gasteiger partial charge >= 0.3 is 0 Å². The third-order valence-corrected chi connectivity index (χ3v) is 4.73. The fraction of sp³-hybridized carbons (Fsp3) is 0.625. The summed E-state index contributed by atoms with van der Waals surface area (Å²) < 4.78 is 0. The van der Waals surface area contributed by atoms with Crippen LogP contribution in [-0.2, 0) is 0 Å². The Hall–Kier alpha value is -0.530. The van der Waals surface area contributed by atoms with Gasteiger partial charge in [0.2, 0.25) is 0 Å². The molecule has 0 aliphatic heterocycles. The topological polar surface area (TPSA) is 12.0 Å². The van der Waals surface area contributed by atoms with Gasteiger partial charge in [-0.25, -0.2) is 0 Å². The van der Waals surface area contributed by atoms with E-state index in [1.807, 2.05) is 6.07 Å². The lowest BCUT2D eigenvalue weighted by molar-refractivity contribution is 0.284. The lowest BCUT2D eigenvalue weighted by Gasteiger charge is -2.36. The number of nitrogens with one attached hydrogen (secondary N) is 1. The van der Waals surface area contributed by atoms with Crippen molar-refractivity contribution >= 4 is 11.6 Å². The molecule has 1 nitrogen and oxygen atoms in total. The Morgan fingerprint density at radius 1 is 1.28 bits per heavy atom. The summed E-state index contributed by atoms with van der Waals surface area (Å²) in [5.41, 5.74) is 1.42. The Bertz CT molecular complexity index is 411. The van der Waals surface area contributed by atoms with Crippen LogP contribution in [0.5, 0.6) is 0 Å². The number of halogens is 1. The van der Waals surface area contributed by atoms with E-state index < -0.39 is 0 Å². The first-order valence-corrected chi connectivity index (χ1v) is 7.65. The molecule has 1 N–H and O–H groups in total. The number of hydrogen-bond donors (Lipinski definition) is 1. The van der Waals surface area contributed by atoms with Crippen LogP contribution in [0.25, 0.3) is 0 Å². The maximum absolute atomic E-state index is 6.04. The maximum Gasteiger partial charge on any atom is 0.0408 e.